The van der Waals surface area contributed by atoms with Crippen molar-refractivity contribution in [3.05, 3.63) is 77.9 Å². The van der Waals surface area contributed by atoms with Crippen LogP contribution in [0, 0.1) is 11.3 Å². The van der Waals surface area contributed by atoms with E-state index in [2.05, 4.69) is 9.71 Å². The third-order valence-electron chi connectivity index (χ3n) is 4.11. The SMILES string of the molecule is COc1cccc([C@@H](NS(=O)(=O)c2ccc(C#N)cc2)c2nccn2C)c1. The van der Waals surface area contributed by atoms with Gasteiger partial charge in [0.2, 0.25) is 10.0 Å². The van der Waals surface area contributed by atoms with Crippen LogP contribution in [0.1, 0.15) is 23.0 Å². The minimum Gasteiger partial charge on any atom is -0.497 e. The van der Waals surface area contributed by atoms with E-state index < -0.39 is 16.1 Å². The first-order chi connectivity index (χ1) is 12.9. The summed E-state index contributed by atoms with van der Waals surface area (Å²) < 4.78 is 35.6. The van der Waals surface area contributed by atoms with Crippen molar-refractivity contribution in [1.82, 2.24) is 14.3 Å². The molecule has 0 bridgehead atoms. The maximum absolute atomic E-state index is 12.9. The Morgan fingerprint density at radius 3 is 2.56 bits per heavy atom. The third kappa shape index (κ3) is 4.00. The van der Waals surface area contributed by atoms with Gasteiger partial charge < -0.3 is 9.30 Å². The molecule has 1 atom stereocenters. The second-order valence-corrected chi connectivity index (χ2v) is 7.58. The van der Waals surface area contributed by atoms with E-state index in [9.17, 15) is 8.42 Å². The Hall–Kier alpha value is -3.15. The highest BCUT2D eigenvalue weighted by Gasteiger charge is 2.26. The lowest BCUT2D eigenvalue weighted by atomic mass is 10.1. The summed E-state index contributed by atoms with van der Waals surface area (Å²) in [5.41, 5.74) is 1.09. The molecule has 0 saturated carbocycles. The molecule has 1 N–H and O–H groups in total. The maximum atomic E-state index is 12.9. The van der Waals surface area contributed by atoms with Crippen LogP contribution in [-0.4, -0.2) is 25.1 Å². The first-order valence-electron chi connectivity index (χ1n) is 8.08. The fraction of sp³-hybridized carbons (Fsp3) is 0.158. The molecule has 7 nitrogen and oxygen atoms in total. The normalized spacial score (nSPS) is 12.3. The van der Waals surface area contributed by atoms with Gasteiger partial charge in [-0.3, -0.25) is 0 Å². The minimum absolute atomic E-state index is 0.0728. The highest BCUT2D eigenvalue weighted by Crippen LogP contribution is 2.26. The van der Waals surface area contributed by atoms with E-state index in [1.165, 1.54) is 24.3 Å². The molecule has 0 spiro atoms. The van der Waals surface area contributed by atoms with E-state index in [4.69, 9.17) is 10.00 Å². The van der Waals surface area contributed by atoms with Crippen LogP contribution in [0.4, 0.5) is 0 Å². The first-order valence-corrected chi connectivity index (χ1v) is 9.56. The van der Waals surface area contributed by atoms with Crippen molar-refractivity contribution in [3.8, 4) is 11.8 Å². The molecule has 3 rings (SSSR count). The van der Waals surface area contributed by atoms with Crippen LogP contribution in [-0.2, 0) is 17.1 Å². The first kappa shape index (κ1) is 18.6. The lowest BCUT2D eigenvalue weighted by Gasteiger charge is -2.20. The van der Waals surface area contributed by atoms with Gasteiger partial charge in [0.05, 0.1) is 23.6 Å². The van der Waals surface area contributed by atoms with Gasteiger partial charge in [-0.2, -0.15) is 9.98 Å². The molecule has 1 heterocycles. The summed E-state index contributed by atoms with van der Waals surface area (Å²) in [7, 11) is -0.500. The molecule has 0 radical (unpaired) electrons. The Bertz CT molecular complexity index is 1080. The number of aromatic nitrogens is 2. The second kappa shape index (κ2) is 7.61. The molecule has 8 heteroatoms. The molecule has 0 aliphatic rings. The molecule has 0 amide bonds. The van der Waals surface area contributed by atoms with Crippen molar-refractivity contribution in [2.45, 2.75) is 10.9 Å². The van der Waals surface area contributed by atoms with Crippen molar-refractivity contribution in [1.29, 1.82) is 5.26 Å². The molecule has 3 aromatic rings. The van der Waals surface area contributed by atoms with Crippen LogP contribution in [0.2, 0.25) is 0 Å². The van der Waals surface area contributed by atoms with Crippen molar-refractivity contribution in [3.63, 3.8) is 0 Å². The van der Waals surface area contributed by atoms with Crippen LogP contribution < -0.4 is 9.46 Å². The average molecular weight is 382 g/mol. The topological polar surface area (TPSA) is 97.0 Å². The maximum Gasteiger partial charge on any atom is 0.241 e. The molecule has 138 valence electrons. The van der Waals surface area contributed by atoms with Gasteiger partial charge in [-0.15, -0.1) is 0 Å². The minimum atomic E-state index is -3.85. The molecule has 0 unspecified atom stereocenters. The molecule has 1 aromatic heterocycles. The van der Waals surface area contributed by atoms with Crippen LogP contribution in [0.25, 0.3) is 0 Å². The predicted octanol–water partition coefficient (Wildman–Crippen LogP) is 2.37. The van der Waals surface area contributed by atoms with Gasteiger partial charge in [-0.25, -0.2) is 13.4 Å². The molecule has 27 heavy (non-hydrogen) atoms. The summed E-state index contributed by atoms with van der Waals surface area (Å²) in [4.78, 5) is 4.38. The van der Waals surface area contributed by atoms with Crippen molar-refractivity contribution < 1.29 is 13.2 Å². The molecular weight excluding hydrogens is 364 g/mol. The number of ether oxygens (including phenoxy) is 1. The van der Waals surface area contributed by atoms with Gasteiger partial charge in [-0.05, 0) is 42.0 Å². The van der Waals surface area contributed by atoms with Gasteiger partial charge in [0, 0.05) is 19.4 Å². The van der Waals surface area contributed by atoms with Crippen LogP contribution >= 0.6 is 0 Å². The molecular formula is C19H18N4O3S. The summed E-state index contributed by atoms with van der Waals surface area (Å²) in [6.45, 7) is 0. The van der Waals surface area contributed by atoms with Crippen molar-refractivity contribution in [2.24, 2.45) is 7.05 Å². The highest BCUT2D eigenvalue weighted by atomic mass is 32.2. The monoisotopic (exact) mass is 382 g/mol. The van der Waals surface area contributed by atoms with Gasteiger partial charge in [0.1, 0.15) is 17.6 Å². The van der Waals surface area contributed by atoms with E-state index in [0.717, 1.165) is 0 Å². The number of hydrogen-bond acceptors (Lipinski definition) is 5. The number of nitrogens with zero attached hydrogens (tertiary/aromatic N) is 3. The number of sulfonamides is 1. The summed E-state index contributed by atoms with van der Waals surface area (Å²) >= 11 is 0. The quantitative estimate of drug-likeness (QED) is 0.706. The number of imidazole rings is 1. The van der Waals surface area contributed by atoms with Gasteiger partial charge in [0.15, 0.2) is 0 Å². The smallest absolute Gasteiger partial charge is 0.241 e. The largest absolute Gasteiger partial charge is 0.497 e. The van der Waals surface area contributed by atoms with Gasteiger partial charge in [-0.1, -0.05) is 12.1 Å². The lowest BCUT2D eigenvalue weighted by molar-refractivity contribution is 0.413. The van der Waals surface area contributed by atoms with E-state index in [0.29, 0.717) is 22.7 Å². The van der Waals surface area contributed by atoms with Crippen LogP contribution in [0.3, 0.4) is 0 Å². The Labute approximate surface area is 157 Å². The number of benzene rings is 2. The fourth-order valence-electron chi connectivity index (χ4n) is 2.68. The Morgan fingerprint density at radius 1 is 1.22 bits per heavy atom. The van der Waals surface area contributed by atoms with Crippen LogP contribution in [0.15, 0.2) is 65.8 Å². The molecule has 2 aromatic carbocycles. The average Bonchev–Trinajstić information content (AvgIpc) is 3.12. The summed E-state index contributed by atoms with van der Waals surface area (Å²) in [5.74, 6) is 1.16. The molecule has 0 aliphatic heterocycles. The predicted molar refractivity (Wildman–Crippen MR) is 99.5 cm³/mol. The zero-order chi connectivity index (χ0) is 19.4. The van der Waals surface area contributed by atoms with Crippen LogP contribution in [0.5, 0.6) is 5.75 Å². The molecule has 0 saturated heterocycles. The Kier molecular flexibility index (Phi) is 5.26. The van der Waals surface area contributed by atoms with Crippen molar-refractivity contribution in [2.75, 3.05) is 7.11 Å². The van der Waals surface area contributed by atoms with E-state index in [1.54, 1.807) is 49.3 Å². The highest BCUT2D eigenvalue weighted by molar-refractivity contribution is 7.89. The Balaban J connectivity index is 2.03. The molecule has 0 fully saturated rings. The molecule has 0 aliphatic carbocycles. The number of aryl methyl sites for hydroxylation is 1. The van der Waals surface area contributed by atoms with E-state index in [-0.39, 0.29) is 4.90 Å². The summed E-state index contributed by atoms with van der Waals surface area (Å²) in [6, 6.07) is 14.2. The zero-order valence-electron chi connectivity index (χ0n) is 14.8. The lowest BCUT2D eigenvalue weighted by Crippen LogP contribution is -2.31. The summed E-state index contributed by atoms with van der Waals surface area (Å²) in [5, 5.41) is 8.89. The fourth-order valence-corrected chi connectivity index (χ4v) is 3.86. The number of rotatable bonds is 6. The summed E-state index contributed by atoms with van der Waals surface area (Å²) in [6.07, 6.45) is 3.36. The van der Waals surface area contributed by atoms with Crippen molar-refractivity contribution >= 4 is 10.0 Å². The number of nitriles is 1. The van der Waals surface area contributed by atoms with E-state index >= 15 is 0 Å². The van der Waals surface area contributed by atoms with Gasteiger partial charge >= 0.3 is 0 Å². The third-order valence-corrected chi connectivity index (χ3v) is 5.55. The number of hydrogen-bond donors (Lipinski definition) is 1. The number of methoxy groups -OCH3 is 1. The number of nitrogens with one attached hydrogen (secondary N) is 1. The van der Waals surface area contributed by atoms with E-state index in [1.807, 2.05) is 12.1 Å². The zero-order valence-corrected chi connectivity index (χ0v) is 15.6. The van der Waals surface area contributed by atoms with Gasteiger partial charge in [0.25, 0.3) is 0 Å². The standard InChI is InChI=1S/C19H18N4O3S/c1-23-11-10-21-19(23)18(15-4-3-5-16(12-15)26-2)22-27(24,25)17-8-6-14(13-20)7-9-17/h3-12,18,22H,1-2H3/t18-/m1/s1. The second-order valence-electron chi connectivity index (χ2n) is 5.86. The Morgan fingerprint density at radius 2 is 1.96 bits per heavy atom.